The third kappa shape index (κ3) is 5.72. The van der Waals surface area contributed by atoms with Gasteiger partial charge in [-0.05, 0) is 50.1 Å². The molecule has 1 heterocycles. The molecule has 168 valence electrons. The van der Waals surface area contributed by atoms with Crippen molar-refractivity contribution in [1.82, 2.24) is 9.97 Å². The summed E-state index contributed by atoms with van der Waals surface area (Å²) >= 11 is 0. The Morgan fingerprint density at radius 1 is 1.16 bits per heavy atom. The van der Waals surface area contributed by atoms with Crippen molar-refractivity contribution in [3.8, 4) is 11.5 Å². The van der Waals surface area contributed by atoms with Crippen LogP contribution in [-0.4, -0.2) is 42.2 Å². The number of nitro groups is 1. The molecule has 4 N–H and O–H groups in total. The highest BCUT2D eigenvalue weighted by molar-refractivity contribution is 5.57. The van der Waals surface area contributed by atoms with E-state index in [1.54, 1.807) is 14.2 Å². The third-order valence-corrected chi connectivity index (χ3v) is 5.75. The Kier molecular flexibility index (Phi) is 7.82. The molecule has 1 aromatic carbocycles. The summed E-state index contributed by atoms with van der Waals surface area (Å²) in [5.41, 5.74) is 6.48. The first-order valence-corrected chi connectivity index (χ1v) is 10.4. The maximum absolute atomic E-state index is 11.4. The van der Waals surface area contributed by atoms with Crippen LogP contribution in [-0.2, 0) is 6.54 Å². The molecule has 10 nitrogen and oxygen atoms in total. The Morgan fingerprint density at radius 3 is 2.55 bits per heavy atom. The molecular formula is C21H30N6O4. The van der Waals surface area contributed by atoms with Crippen molar-refractivity contribution in [3.05, 3.63) is 40.1 Å². The molecule has 0 unspecified atom stereocenters. The number of aromatic nitrogens is 2. The summed E-state index contributed by atoms with van der Waals surface area (Å²) in [6, 6.07) is 5.58. The van der Waals surface area contributed by atoms with Crippen LogP contribution in [0.2, 0.25) is 0 Å². The number of hydrogen-bond acceptors (Lipinski definition) is 9. The van der Waals surface area contributed by atoms with E-state index in [9.17, 15) is 10.1 Å². The average Bonchev–Trinajstić information content (AvgIpc) is 2.81. The number of rotatable bonds is 10. The number of methoxy groups -OCH3 is 2. The Labute approximate surface area is 181 Å². The highest BCUT2D eigenvalue weighted by Gasteiger charge is 2.22. The number of nitrogens with two attached hydrogens (primary N) is 1. The summed E-state index contributed by atoms with van der Waals surface area (Å²) < 4.78 is 10.8. The van der Waals surface area contributed by atoms with E-state index in [1.807, 2.05) is 18.2 Å². The van der Waals surface area contributed by atoms with Gasteiger partial charge in [0.2, 0.25) is 11.8 Å². The number of ether oxygens (including phenoxy) is 2. The summed E-state index contributed by atoms with van der Waals surface area (Å²) in [7, 11) is 3.15. The lowest BCUT2D eigenvalue weighted by Crippen LogP contribution is -2.25. The minimum atomic E-state index is -0.470. The normalized spacial score (nSPS) is 18.3. The Bertz CT molecular complexity index is 886. The van der Waals surface area contributed by atoms with Crippen molar-refractivity contribution in [2.45, 2.75) is 32.2 Å². The van der Waals surface area contributed by atoms with Gasteiger partial charge in [0, 0.05) is 18.7 Å². The SMILES string of the molecule is COc1cccc(CNc2ncc([N+](=O)[O-])c(NCC3CCC(CN)CC3)n2)c1OC. The molecule has 31 heavy (non-hydrogen) atoms. The zero-order chi connectivity index (χ0) is 22.2. The predicted molar refractivity (Wildman–Crippen MR) is 119 cm³/mol. The van der Waals surface area contributed by atoms with Gasteiger partial charge in [-0.15, -0.1) is 0 Å². The number of anilines is 2. The van der Waals surface area contributed by atoms with E-state index in [2.05, 4.69) is 20.6 Å². The zero-order valence-corrected chi connectivity index (χ0v) is 18.0. The third-order valence-electron chi connectivity index (χ3n) is 5.75. The van der Waals surface area contributed by atoms with Crippen molar-refractivity contribution in [1.29, 1.82) is 0 Å². The van der Waals surface area contributed by atoms with Gasteiger partial charge in [0.05, 0.1) is 19.1 Å². The number of benzene rings is 1. The number of nitrogens with one attached hydrogen (secondary N) is 2. The Hall–Kier alpha value is -3.14. The topological polar surface area (TPSA) is 137 Å². The summed E-state index contributed by atoms with van der Waals surface area (Å²) in [6.45, 7) is 1.74. The van der Waals surface area contributed by atoms with Crippen molar-refractivity contribution >= 4 is 17.5 Å². The molecule has 3 rings (SSSR count). The van der Waals surface area contributed by atoms with Gasteiger partial charge in [-0.1, -0.05) is 12.1 Å². The summed E-state index contributed by atoms with van der Waals surface area (Å²) in [6.07, 6.45) is 5.56. The summed E-state index contributed by atoms with van der Waals surface area (Å²) in [4.78, 5) is 19.4. The molecule has 1 fully saturated rings. The van der Waals surface area contributed by atoms with Crippen molar-refractivity contribution in [2.75, 3.05) is 37.9 Å². The van der Waals surface area contributed by atoms with Gasteiger partial charge in [0.25, 0.3) is 0 Å². The fourth-order valence-electron chi connectivity index (χ4n) is 3.90. The molecule has 1 aromatic heterocycles. The van der Waals surface area contributed by atoms with Crippen LogP contribution in [0.5, 0.6) is 11.5 Å². The van der Waals surface area contributed by atoms with E-state index < -0.39 is 4.92 Å². The van der Waals surface area contributed by atoms with Crippen molar-refractivity contribution < 1.29 is 14.4 Å². The second-order valence-corrected chi connectivity index (χ2v) is 7.69. The van der Waals surface area contributed by atoms with E-state index in [0.29, 0.717) is 42.4 Å². The van der Waals surface area contributed by atoms with E-state index in [4.69, 9.17) is 15.2 Å². The highest BCUT2D eigenvalue weighted by atomic mass is 16.6. The van der Waals surface area contributed by atoms with Gasteiger partial charge in [-0.3, -0.25) is 10.1 Å². The second-order valence-electron chi connectivity index (χ2n) is 7.69. The van der Waals surface area contributed by atoms with E-state index in [1.165, 1.54) is 6.20 Å². The van der Waals surface area contributed by atoms with E-state index in [0.717, 1.165) is 37.8 Å². The van der Waals surface area contributed by atoms with Gasteiger partial charge in [-0.25, -0.2) is 4.98 Å². The van der Waals surface area contributed by atoms with E-state index in [-0.39, 0.29) is 11.5 Å². The fourth-order valence-corrected chi connectivity index (χ4v) is 3.90. The second kappa shape index (κ2) is 10.8. The maximum atomic E-state index is 11.4. The van der Waals surface area contributed by atoms with Gasteiger partial charge < -0.3 is 25.8 Å². The molecule has 0 bridgehead atoms. The van der Waals surface area contributed by atoms with Crippen LogP contribution in [0, 0.1) is 22.0 Å². The number of nitrogens with zero attached hydrogens (tertiary/aromatic N) is 3. The molecule has 0 spiro atoms. The Balaban J connectivity index is 1.68. The average molecular weight is 431 g/mol. The largest absolute Gasteiger partial charge is 0.493 e. The first-order chi connectivity index (χ1) is 15.0. The minimum Gasteiger partial charge on any atom is -0.493 e. The lowest BCUT2D eigenvalue weighted by molar-refractivity contribution is -0.384. The van der Waals surface area contributed by atoms with Crippen LogP contribution in [0.4, 0.5) is 17.5 Å². The van der Waals surface area contributed by atoms with E-state index >= 15 is 0 Å². The highest BCUT2D eigenvalue weighted by Crippen LogP contribution is 2.32. The number of hydrogen-bond donors (Lipinski definition) is 3. The van der Waals surface area contributed by atoms with Crippen LogP contribution >= 0.6 is 0 Å². The molecule has 10 heteroatoms. The molecule has 0 atom stereocenters. The minimum absolute atomic E-state index is 0.139. The molecule has 2 aromatic rings. The van der Waals surface area contributed by atoms with Gasteiger partial charge in [0.1, 0.15) is 6.20 Å². The summed E-state index contributed by atoms with van der Waals surface area (Å²) in [5.74, 6) is 2.80. The lowest BCUT2D eigenvalue weighted by Gasteiger charge is -2.27. The lowest BCUT2D eigenvalue weighted by atomic mass is 9.82. The van der Waals surface area contributed by atoms with Gasteiger partial charge in [0.15, 0.2) is 11.5 Å². The van der Waals surface area contributed by atoms with Crippen LogP contribution in [0.3, 0.4) is 0 Å². The van der Waals surface area contributed by atoms with Crippen LogP contribution in [0.15, 0.2) is 24.4 Å². The Morgan fingerprint density at radius 2 is 1.90 bits per heavy atom. The molecule has 1 saturated carbocycles. The number of para-hydroxylation sites is 1. The maximum Gasteiger partial charge on any atom is 0.329 e. The molecule has 0 saturated heterocycles. The smallest absolute Gasteiger partial charge is 0.329 e. The molecular weight excluding hydrogens is 400 g/mol. The molecule has 0 amide bonds. The fraction of sp³-hybridized carbons (Fsp3) is 0.524. The zero-order valence-electron chi connectivity index (χ0n) is 18.0. The van der Waals surface area contributed by atoms with Crippen LogP contribution in [0.1, 0.15) is 31.2 Å². The first kappa shape index (κ1) is 22.5. The van der Waals surface area contributed by atoms with Crippen molar-refractivity contribution in [3.63, 3.8) is 0 Å². The monoisotopic (exact) mass is 430 g/mol. The van der Waals surface area contributed by atoms with Crippen LogP contribution in [0.25, 0.3) is 0 Å². The molecule has 0 aliphatic heterocycles. The first-order valence-electron chi connectivity index (χ1n) is 10.4. The standard InChI is InChI=1S/C21H30N6O4/c1-30-18-5-3-4-16(19(18)31-2)12-24-21-25-13-17(27(28)29)20(26-21)23-11-15-8-6-14(10-22)7-9-15/h3-5,13-15H,6-12,22H2,1-2H3,(H2,23,24,25,26). The molecule has 1 aliphatic carbocycles. The summed E-state index contributed by atoms with van der Waals surface area (Å²) in [5, 5.41) is 17.7. The predicted octanol–water partition coefficient (Wildman–Crippen LogP) is 3.19. The van der Waals surface area contributed by atoms with Crippen LogP contribution < -0.4 is 25.8 Å². The van der Waals surface area contributed by atoms with Gasteiger partial charge in [-0.2, -0.15) is 4.98 Å². The quantitative estimate of drug-likeness (QED) is 0.383. The van der Waals surface area contributed by atoms with Crippen molar-refractivity contribution in [2.24, 2.45) is 17.6 Å². The molecule has 1 aliphatic rings. The molecule has 0 radical (unpaired) electrons. The van der Waals surface area contributed by atoms with Gasteiger partial charge >= 0.3 is 5.69 Å².